The number of nitrogens with zero attached hydrogens (tertiary/aromatic N) is 1. The summed E-state index contributed by atoms with van der Waals surface area (Å²) < 4.78 is 15.6. The first-order valence-corrected chi connectivity index (χ1v) is 9.45. The molecule has 0 spiro atoms. The molecule has 1 aromatic heterocycles. The van der Waals surface area contributed by atoms with Gasteiger partial charge in [0, 0.05) is 36.0 Å². The number of carbonyl (C=O) groups excluding carboxylic acids is 2. The van der Waals surface area contributed by atoms with Crippen LogP contribution in [-0.4, -0.2) is 37.2 Å². The minimum Gasteiger partial charge on any atom is -0.486 e. The van der Waals surface area contributed by atoms with E-state index in [0.717, 1.165) is 0 Å². The molecular weight excluding hydrogens is 410 g/mol. The first-order valence-electron chi connectivity index (χ1n) is 9.07. The summed E-state index contributed by atoms with van der Waals surface area (Å²) >= 11 is 5.91. The highest BCUT2D eigenvalue weighted by molar-refractivity contribution is 6.31. The smallest absolute Gasteiger partial charge is 0.273 e. The molecule has 0 saturated heterocycles. The summed E-state index contributed by atoms with van der Waals surface area (Å²) in [7, 11) is 1.55. The molecular formula is C21H20ClN3O5. The molecule has 0 aliphatic heterocycles. The molecule has 2 aromatic carbocycles. The van der Waals surface area contributed by atoms with Gasteiger partial charge in [-0.05, 0) is 42.5 Å². The SMILES string of the molecule is COCCNC(=O)c1cc(COc2ccc(NC(=O)c3cccc(Cl)c3)cc2)on1. The van der Waals surface area contributed by atoms with Crippen molar-refractivity contribution in [1.82, 2.24) is 10.5 Å². The molecule has 2 amide bonds. The maximum atomic E-state index is 12.2. The predicted octanol–water partition coefficient (Wildman–Crippen LogP) is 3.54. The van der Waals surface area contributed by atoms with Gasteiger partial charge in [0.25, 0.3) is 11.8 Å². The van der Waals surface area contributed by atoms with Crippen LogP contribution in [-0.2, 0) is 11.3 Å². The van der Waals surface area contributed by atoms with Gasteiger partial charge in [-0.1, -0.05) is 22.8 Å². The number of ether oxygens (including phenoxy) is 2. The van der Waals surface area contributed by atoms with Crippen LogP contribution in [0.15, 0.2) is 59.1 Å². The lowest BCUT2D eigenvalue weighted by molar-refractivity contribution is 0.0927. The fourth-order valence-corrected chi connectivity index (χ4v) is 2.66. The lowest BCUT2D eigenvalue weighted by Crippen LogP contribution is -2.27. The van der Waals surface area contributed by atoms with Crippen molar-refractivity contribution < 1.29 is 23.6 Å². The molecule has 0 aliphatic carbocycles. The Labute approximate surface area is 178 Å². The monoisotopic (exact) mass is 429 g/mol. The average molecular weight is 430 g/mol. The number of carbonyl (C=O) groups is 2. The largest absolute Gasteiger partial charge is 0.486 e. The molecule has 3 aromatic rings. The highest BCUT2D eigenvalue weighted by Crippen LogP contribution is 2.19. The second-order valence-corrected chi connectivity index (χ2v) is 6.64. The first-order chi connectivity index (χ1) is 14.5. The number of rotatable bonds is 9. The molecule has 0 unspecified atom stereocenters. The van der Waals surface area contributed by atoms with Crippen LogP contribution in [0.5, 0.6) is 5.75 Å². The van der Waals surface area contributed by atoms with Crippen molar-refractivity contribution in [3.63, 3.8) is 0 Å². The van der Waals surface area contributed by atoms with Crippen molar-refractivity contribution in [3.05, 3.63) is 76.6 Å². The van der Waals surface area contributed by atoms with Gasteiger partial charge in [0.1, 0.15) is 12.4 Å². The summed E-state index contributed by atoms with van der Waals surface area (Å²) in [6.07, 6.45) is 0. The van der Waals surface area contributed by atoms with Crippen molar-refractivity contribution in [2.75, 3.05) is 25.6 Å². The van der Waals surface area contributed by atoms with Crippen LogP contribution in [0.4, 0.5) is 5.69 Å². The van der Waals surface area contributed by atoms with Gasteiger partial charge in [0.2, 0.25) is 0 Å². The van der Waals surface area contributed by atoms with Crippen LogP contribution in [0.3, 0.4) is 0 Å². The van der Waals surface area contributed by atoms with E-state index in [9.17, 15) is 9.59 Å². The van der Waals surface area contributed by atoms with Gasteiger partial charge in [-0.25, -0.2) is 0 Å². The fraction of sp³-hybridized carbons (Fsp3) is 0.190. The van der Waals surface area contributed by atoms with Gasteiger partial charge in [0.15, 0.2) is 11.5 Å². The summed E-state index contributed by atoms with van der Waals surface area (Å²) in [4.78, 5) is 24.1. The summed E-state index contributed by atoms with van der Waals surface area (Å²) in [5.74, 6) is 0.370. The molecule has 0 radical (unpaired) electrons. The van der Waals surface area contributed by atoms with Crippen LogP contribution in [0.25, 0.3) is 0 Å². The van der Waals surface area contributed by atoms with E-state index in [4.69, 9.17) is 25.6 Å². The van der Waals surface area contributed by atoms with Gasteiger partial charge >= 0.3 is 0 Å². The number of methoxy groups -OCH3 is 1. The number of halogens is 1. The Hall–Kier alpha value is -3.36. The minimum atomic E-state index is -0.346. The van der Waals surface area contributed by atoms with Gasteiger partial charge in [-0.2, -0.15) is 0 Å². The van der Waals surface area contributed by atoms with E-state index in [1.807, 2.05) is 0 Å². The van der Waals surface area contributed by atoms with Crippen molar-refractivity contribution in [2.45, 2.75) is 6.61 Å². The van der Waals surface area contributed by atoms with Gasteiger partial charge < -0.3 is 24.6 Å². The molecule has 156 valence electrons. The third-order valence-electron chi connectivity index (χ3n) is 3.96. The van der Waals surface area contributed by atoms with E-state index in [0.29, 0.717) is 40.9 Å². The molecule has 0 bridgehead atoms. The number of amides is 2. The molecule has 0 fully saturated rings. The van der Waals surface area contributed by atoms with E-state index >= 15 is 0 Å². The number of nitrogens with one attached hydrogen (secondary N) is 2. The second-order valence-electron chi connectivity index (χ2n) is 6.20. The molecule has 1 heterocycles. The lowest BCUT2D eigenvalue weighted by Gasteiger charge is -2.07. The molecule has 0 atom stereocenters. The van der Waals surface area contributed by atoms with Crippen LogP contribution < -0.4 is 15.4 Å². The Morgan fingerprint density at radius 3 is 2.63 bits per heavy atom. The van der Waals surface area contributed by atoms with Gasteiger partial charge in [-0.15, -0.1) is 0 Å². The number of benzene rings is 2. The van der Waals surface area contributed by atoms with Gasteiger partial charge in [-0.3, -0.25) is 9.59 Å². The van der Waals surface area contributed by atoms with E-state index in [1.54, 1.807) is 55.6 Å². The molecule has 9 heteroatoms. The normalized spacial score (nSPS) is 10.5. The summed E-state index contributed by atoms with van der Waals surface area (Å²) in [6.45, 7) is 0.899. The first kappa shape index (κ1) is 21.4. The van der Waals surface area contributed by atoms with Crippen LogP contribution >= 0.6 is 11.6 Å². The molecule has 8 nitrogen and oxygen atoms in total. The predicted molar refractivity (Wildman–Crippen MR) is 111 cm³/mol. The van der Waals surface area contributed by atoms with E-state index in [2.05, 4.69) is 15.8 Å². The second kappa shape index (κ2) is 10.4. The van der Waals surface area contributed by atoms with E-state index < -0.39 is 0 Å². The van der Waals surface area contributed by atoms with Gasteiger partial charge in [0.05, 0.1) is 6.61 Å². The highest BCUT2D eigenvalue weighted by Gasteiger charge is 2.12. The quantitative estimate of drug-likeness (QED) is 0.504. The summed E-state index contributed by atoms with van der Waals surface area (Å²) in [6, 6.07) is 15.1. The number of hydrogen-bond acceptors (Lipinski definition) is 6. The van der Waals surface area contributed by atoms with Crippen LogP contribution in [0, 0.1) is 0 Å². The van der Waals surface area contributed by atoms with Crippen molar-refractivity contribution in [1.29, 1.82) is 0 Å². The van der Waals surface area contributed by atoms with Crippen LogP contribution in [0.2, 0.25) is 5.02 Å². The molecule has 30 heavy (non-hydrogen) atoms. The Bertz CT molecular complexity index is 1000. The maximum absolute atomic E-state index is 12.2. The number of aromatic nitrogens is 1. The van der Waals surface area contributed by atoms with Crippen molar-refractivity contribution in [2.24, 2.45) is 0 Å². The lowest BCUT2D eigenvalue weighted by atomic mass is 10.2. The summed E-state index contributed by atoms with van der Waals surface area (Å²) in [5.41, 5.74) is 1.25. The standard InChI is InChI=1S/C21H20ClN3O5/c1-28-10-9-23-21(27)19-12-18(30-25-19)13-29-17-7-5-16(6-8-17)24-20(26)14-3-2-4-15(22)11-14/h2-8,11-12H,9-10,13H2,1H3,(H,23,27)(H,24,26). The zero-order valence-corrected chi connectivity index (χ0v) is 16.9. The zero-order valence-electron chi connectivity index (χ0n) is 16.2. The van der Waals surface area contributed by atoms with Crippen molar-refractivity contribution in [3.8, 4) is 5.75 Å². The third kappa shape index (κ3) is 6.07. The average Bonchev–Trinajstić information content (AvgIpc) is 3.22. The maximum Gasteiger partial charge on any atom is 0.273 e. The minimum absolute atomic E-state index is 0.104. The molecule has 3 rings (SSSR count). The zero-order chi connectivity index (χ0) is 21.3. The fourth-order valence-electron chi connectivity index (χ4n) is 2.47. The Morgan fingerprint density at radius 1 is 1.10 bits per heavy atom. The van der Waals surface area contributed by atoms with E-state index in [1.165, 1.54) is 6.07 Å². The molecule has 0 aliphatic rings. The Morgan fingerprint density at radius 2 is 1.90 bits per heavy atom. The third-order valence-corrected chi connectivity index (χ3v) is 4.20. The molecule has 0 saturated carbocycles. The molecule has 2 N–H and O–H groups in total. The number of hydrogen-bond donors (Lipinski definition) is 2. The summed E-state index contributed by atoms with van der Waals surface area (Å²) in [5, 5.41) is 9.66. The Kier molecular flexibility index (Phi) is 7.42. The number of anilines is 1. The Balaban J connectivity index is 1.50. The highest BCUT2D eigenvalue weighted by atomic mass is 35.5. The topological polar surface area (TPSA) is 103 Å². The van der Waals surface area contributed by atoms with E-state index in [-0.39, 0.29) is 24.1 Å². The van der Waals surface area contributed by atoms with Crippen molar-refractivity contribution >= 4 is 29.1 Å². The van der Waals surface area contributed by atoms with Crippen LogP contribution in [0.1, 0.15) is 26.6 Å².